The average Bonchev–Trinajstić information content (AvgIpc) is 2.70. The summed E-state index contributed by atoms with van der Waals surface area (Å²) in [7, 11) is 0. The summed E-state index contributed by atoms with van der Waals surface area (Å²) >= 11 is 1.54. The van der Waals surface area contributed by atoms with Crippen LogP contribution in [-0.2, 0) is 0 Å². The molecule has 1 aromatic carbocycles. The Morgan fingerprint density at radius 3 is 2.93 bits per heavy atom. The minimum absolute atomic E-state index is 0.0880. The topological polar surface area (TPSA) is 40.9 Å². The van der Waals surface area contributed by atoms with Gasteiger partial charge < -0.3 is 0 Å². The van der Waals surface area contributed by atoms with Crippen LogP contribution < -0.4 is 0 Å². The normalized spacial score (nSPS) is 12.3. The number of carbonyl (C=O) groups excluding carboxylic acids is 1. The fourth-order valence-corrected chi connectivity index (χ4v) is 2.41. The molecule has 0 aliphatic carbocycles. The number of nitriles is 1. The lowest BCUT2D eigenvalue weighted by molar-refractivity contribution is 0.0958. The van der Waals surface area contributed by atoms with Crippen molar-refractivity contribution in [2.24, 2.45) is 5.92 Å². The summed E-state index contributed by atoms with van der Waals surface area (Å²) in [5.74, 6) is -0.655. The van der Waals surface area contributed by atoms with Crippen molar-refractivity contribution in [1.82, 2.24) is 0 Å². The fraction of sp³-hybridized carbons (Fsp3) is 0.167. The number of rotatable bonds is 2. The summed E-state index contributed by atoms with van der Waals surface area (Å²) in [6.07, 6.45) is 0. The molecule has 0 bridgehead atoms. The highest BCUT2D eigenvalue weighted by Gasteiger charge is 2.17. The summed E-state index contributed by atoms with van der Waals surface area (Å²) in [5.41, 5.74) is 0.671. The summed E-state index contributed by atoms with van der Waals surface area (Å²) in [5, 5.41) is 11.5. The van der Waals surface area contributed by atoms with Crippen molar-refractivity contribution in [3.05, 3.63) is 35.2 Å². The lowest BCUT2D eigenvalue weighted by Crippen LogP contribution is -2.08. The molecule has 0 N–H and O–H groups in total. The van der Waals surface area contributed by atoms with Gasteiger partial charge in [-0.1, -0.05) is 18.2 Å². The number of hydrogen-bond donors (Lipinski definition) is 0. The minimum Gasteiger partial charge on any atom is -0.293 e. The lowest BCUT2D eigenvalue weighted by Gasteiger charge is -1.99. The van der Waals surface area contributed by atoms with E-state index in [1.165, 1.54) is 11.3 Å². The van der Waals surface area contributed by atoms with E-state index < -0.39 is 5.92 Å². The van der Waals surface area contributed by atoms with Gasteiger partial charge in [-0.15, -0.1) is 11.3 Å². The van der Waals surface area contributed by atoms with E-state index in [0.717, 1.165) is 10.1 Å². The van der Waals surface area contributed by atoms with Gasteiger partial charge in [0.05, 0.1) is 6.07 Å². The maximum absolute atomic E-state index is 11.8. The van der Waals surface area contributed by atoms with Gasteiger partial charge in [-0.05, 0) is 13.0 Å². The predicted octanol–water partition coefficient (Wildman–Crippen LogP) is 3.24. The highest BCUT2D eigenvalue weighted by Crippen LogP contribution is 2.27. The van der Waals surface area contributed by atoms with Crippen LogP contribution in [0, 0.1) is 17.2 Å². The lowest BCUT2D eigenvalue weighted by atomic mass is 10.0. The number of carbonyl (C=O) groups is 1. The standard InChI is InChI=1S/C12H9NOS/c1-8(6-13)12(14)10-7-15-11-5-3-2-4-9(10)11/h2-5,7-8H,1H3. The number of ketones is 1. The van der Waals surface area contributed by atoms with Crippen molar-refractivity contribution < 1.29 is 4.79 Å². The van der Waals surface area contributed by atoms with Crippen molar-refractivity contribution in [3.63, 3.8) is 0 Å². The van der Waals surface area contributed by atoms with E-state index in [9.17, 15) is 4.79 Å². The molecule has 0 saturated heterocycles. The van der Waals surface area contributed by atoms with Crippen LogP contribution in [-0.4, -0.2) is 5.78 Å². The van der Waals surface area contributed by atoms with Gasteiger partial charge in [-0.25, -0.2) is 0 Å². The van der Waals surface area contributed by atoms with Crippen molar-refractivity contribution in [3.8, 4) is 6.07 Å². The molecule has 0 spiro atoms. The smallest absolute Gasteiger partial charge is 0.181 e. The van der Waals surface area contributed by atoms with E-state index in [-0.39, 0.29) is 5.78 Å². The zero-order valence-corrected chi connectivity index (χ0v) is 9.04. The first-order valence-corrected chi connectivity index (χ1v) is 5.52. The molecule has 0 fully saturated rings. The van der Waals surface area contributed by atoms with Crippen LogP contribution in [0.1, 0.15) is 17.3 Å². The molecule has 2 nitrogen and oxygen atoms in total. The second-order valence-corrected chi connectivity index (χ2v) is 4.27. The molecule has 1 heterocycles. The van der Waals surface area contributed by atoms with Crippen molar-refractivity contribution in [1.29, 1.82) is 5.26 Å². The Kier molecular flexibility index (Phi) is 2.53. The molecular weight excluding hydrogens is 206 g/mol. The van der Waals surface area contributed by atoms with E-state index in [0.29, 0.717) is 5.56 Å². The Hall–Kier alpha value is -1.66. The molecule has 3 heteroatoms. The van der Waals surface area contributed by atoms with Crippen LogP contribution in [0.4, 0.5) is 0 Å². The Balaban J connectivity index is 2.54. The maximum Gasteiger partial charge on any atom is 0.181 e. The number of Topliss-reactive ketones (excluding diaryl/α,β-unsaturated/α-hetero) is 1. The second-order valence-electron chi connectivity index (χ2n) is 3.36. The van der Waals surface area contributed by atoms with Gasteiger partial charge in [-0.2, -0.15) is 5.26 Å². The molecule has 0 aliphatic rings. The Labute approximate surface area is 91.8 Å². The molecule has 15 heavy (non-hydrogen) atoms. The first kappa shape index (κ1) is 9.88. The minimum atomic E-state index is -0.567. The number of thiophene rings is 1. The first-order chi connectivity index (χ1) is 7.24. The summed E-state index contributed by atoms with van der Waals surface area (Å²) in [6, 6.07) is 9.72. The zero-order valence-electron chi connectivity index (χ0n) is 8.23. The van der Waals surface area contributed by atoms with Crippen LogP contribution in [0.2, 0.25) is 0 Å². The molecule has 2 aromatic rings. The van der Waals surface area contributed by atoms with Gasteiger partial charge in [0.2, 0.25) is 0 Å². The van der Waals surface area contributed by atoms with E-state index in [4.69, 9.17) is 5.26 Å². The van der Waals surface area contributed by atoms with E-state index in [1.54, 1.807) is 6.92 Å². The van der Waals surface area contributed by atoms with Gasteiger partial charge in [0.25, 0.3) is 0 Å². The monoisotopic (exact) mass is 215 g/mol. The number of hydrogen-bond acceptors (Lipinski definition) is 3. The molecule has 0 radical (unpaired) electrons. The van der Waals surface area contributed by atoms with Gasteiger partial charge in [0.1, 0.15) is 5.92 Å². The van der Waals surface area contributed by atoms with Crippen molar-refractivity contribution in [2.75, 3.05) is 0 Å². The third kappa shape index (κ3) is 1.64. The van der Waals surface area contributed by atoms with Crippen LogP contribution in [0.5, 0.6) is 0 Å². The summed E-state index contributed by atoms with van der Waals surface area (Å²) in [6.45, 7) is 1.63. The van der Waals surface area contributed by atoms with Gasteiger partial charge in [-0.3, -0.25) is 4.79 Å². The van der Waals surface area contributed by atoms with Crippen LogP contribution in [0.25, 0.3) is 10.1 Å². The first-order valence-electron chi connectivity index (χ1n) is 4.64. The largest absolute Gasteiger partial charge is 0.293 e. The van der Waals surface area contributed by atoms with Crippen LogP contribution in [0.15, 0.2) is 29.6 Å². The van der Waals surface area contributed by atoms with E-state index >= 15 is 0 Å². The Bertz CT molecular complexity index is 550. The van der Waals surface area contributed by atoms with E-state index in [1.807, 2.05) is 35.7 Å². The molecule has 2 rings (SSSR count). The summed E-state index contributed by atoms with van der Waals surface area (Å²) in [4.78, 5) is 11.8. The highest BCUT2D eigenvalue weighted by molar-refractivity contribution is 7.17. The zero-order chi connectivity index (χ0) is 10.8. The molecule has 1 atom stereocenters. The SMILES string of the molecule is CC(C#N)C(=O)c1csc2ccccc12. The predicted molar refractivity (Wildman–Crippen MR) is 60.9 cm³/mol. The molecule has 1 unspecified atom stereocenters. The molecule has 0 amide bonds. The number of fused-ring (bicyclic) bond motifs is 1. The van der Waals surface area contributed by atoms with Gasteiger partial charge in [0.15, 0.2) is 5.78 Å². The number of nitrogens with zero attached hydrogens (tertiary/aromatic N) is 1. The Morgan fingerprint density at radius 2 is 2.20 bits per heavy atom. The third-order valence-electron chi connectivity index (χ3n) is 2.33. The van der Waals surface area contributed by atoms with Crippen molar-refractivity contribution >= 4 is 27.2 Å². The molecular formula is C12H9NOS. The molecule has 0 saturated carbocycles. The van der Waals surface area contributed by atoms with Crippen LogP contribution >= 0.6 is 11.3 Å². The van der Waals surface area contributed by atoms with Crippen molar-refractivity contribution in [2.45, 2.75) is 6.92 Å². The molecule has 0 aliphatic heterocycles. The van der Waals surface area contributed by atoms with Crippen LogP contribution in [0.3, 0.4) is 0 Å². The molecule has 74 valence electrons. The average molecular weight is 215 g/mol. The van der Waals surface area contributed by atoms with Gasteiger partial charge in [0, 0.05) is 21.0 Å². The third-order valence-corrected chi connectivity index (χ3v) is 3.30. The molecule has 1 aromatic heterocycles. The van der Waals surface area contributed by atoms with Gasteiger partial charge >= 0.3 is 0 Å². The fourth-order valence-electron chi connectivity index (χ4n) is 1.46. The Morgan fingerprint density at radius 1 is 1.47 bits per heavy atom. The maximum atomic E-state index is 11.8. The summed E-state index contributed by atoms with van der Waals surface area (Å²) < 4.78 is 1.09. The highest BCUT2D eigenvalue weighted by atomic mass is 32.1. The number of benzene rings is 1. The van der Waals surface area contributed by atoms with E-state index in [2.05, 4.69) is 0 Å². The quantitative estimate of drug-likeness (QED) is 0.721. The second kappa shape index (κ2) is 3.84.